The van der Waals surface area contributed by atoms with Crippen LogP contribution in [0.25, 0.3) is 0 Å². The van der Waals surface area contributed by atoms with Crippen molar-refractivity contribution < 1.29 is 9.59 Å². The van der Waals surface area contributed by atoms with Crippen LogP contribution in [0.5, 0.6) is 0 Å². The summed E-state index contributed by atoms with van der Waals surface area (Å²) in [5, 5.41) is 7.17. The first-order valence-electron chi connectivity index (χ1n) is 7.08. The van der Waals surface area contributed by atoms with E-state index in [0.717, 1.165) is 5.71 Å². The van der Waals surface area contributed by atoms with Gasteiger partial charge in [0, 0.05) is 24.0 Å². The Labute approximate surface area is 136 Å². The maximum absolute atomic E-state index is 11.8. The molecule has 0 unspecified atom stereocenters. The van der Waals surface area contributed by atoms with E-state index in [1.165, 1.54) is 0 Å². The summed E-state index contributed by atoms with van der Waals surface area (Å²) < 4.78 is 0. The topological polar surface area (TPSA) is 70.6 Å². The Morgan fingerprint density at radius 1 is 1.14 bits per heavy atom. The summed E-state index contributed by atoms with van der Waals surface area (Å²) in [6.45, 7) is 7.88. The van der Waals surface area contributed by atoms with Crippen LogP contribution >= 0.6 is 11.6 Å². The largest absolute Gasteiger partial charge is 0.325 e. The first-order chi connectivity index (χ1) is 10.2. The van der Waals surface area contributed by atoms with Gasteiger partial charge in [-0.05, 0) is 19.1 Å². The average molecular weight is 324 g/mol. The van der Waals surface area contributed by atoms with Crippen LogP contribution in [0, 0.1) is 5.41 Å². The molecule has 0 saturated heterocycles. The van der Waals surface area contributed by atoms with Crippen molar-refractivity contribution in [3.63, 3.8) is 0 Å². The monoisotopic (exact) mass is 323 g/mol. The normalized spacial score (nSPS) is 12.0. The van der Waals surface area contributed by atoms with Crippen molar-refractivity contribution in [2.45, 2.75) is 40.5 Å². The van der Waals surface area contributed by atoms with Gasteiger partial charge in [-0.3, -0.25) is 9.59 Å². The molecule has 0 bridgehead atoms. The molecule has 0 aliphatic heterocycles. The molecule has 0 saturated carbocycles. The van der Waals surface area contributed by atoms with Crippen LogP contribution in [0.15, 0.2) is 29.4 Å². The Morgan fingerprint density at radius 3 is 2.32 bits per heavy atom. The van der Waals surface area contributed by atoms with E-state index in [9.17, 15) is 9.59 Å². The van der Waals surface area contributed by atoms with Crippen LogP contribution in [-0.2, 0) is 9.59 Å². The number of hydrogen-bond acceptors (Lipinski definition) is 3. The van der Waals surface area contributed by atoms with Gasteiger partial charge in [0.1, 0.15) is 0 Å². The number of rotatable bonds is 5. The predicted octanol–water partition coefficient (Wildman–Crippen LogP) is 3.60. The molecule has 0 aliphatic carbocycles. The summed E-state index contributed by atoms with van der Waals surface area (Å²) in [7, 11) is 0. The van der Waals surface area contributed by atoms with Gasteiger partial charge >= 0.3 is 0 Å². The number of halogens is 1. The molecule has 5 nitrogen and oxygen atoms in total. The molecule has 6 heteroatoms. The van der Waals surface area contributed by atoms with Gasteiger partial charge in [-0.25, -0.2) is 5.43 Å². The fourth-order valence-electron chi connectivity index (χ4n) is 1.37. The number of carbonyl (C=O) groups is 2. The predicted molar refractivity (Wildman–Crippen MR) is 90.0 cm³/mol. The summed E-state index contributed by atoms with van der Waals surface area (Å²) >= 11 is 5.95. The van der Waals surface area contributed by atoms with Crippen LogP contribution in [0.2, 0.25) is 5.02 Å². The average Bonchev–Trinajstić information content (AvgIpc) is 2.44. The molecular weight excluding hydrogens is 302 g/mol. The van der Waals surface area contributed by atoms with E-state index >= 15 is 0 Å². The van der Waals surface area contributed by atoms with E-state index in [0.29, 0.717) is 10.7 Å². The lowest BCUT2D eigenvalue weighted by Gasteiger charge is -2.17. The summed E-state index contributed by atoms with van der Waals surface area (Å²) in [6, 6.07) is 6.95. The minimum Gasteiger partial charge on any atom is -0.325 e. The molecular formula is C16H22ClN3O2. The van der Waals surface area contributed by atoms with E-state index in [-0.39, 0.29) is 30.1 Å². The zero-order chi connectivity index (χ0) is 16.8. The van der Waals surface area contributed by atoms with Crippen LogP contribution in [0.4, 0.5) is 5.69 Å². The first kappa shape index (κ1) is 18.2. The molecule has 1 aromatic carbocycles. The molecule has 2 N–H and O–H groups in total. The van der Waals surface area contributed by atoms with Crippen LogP contribution in [0.1, 0.15) is 40.5 Å². The molecule has 0 aromatic heterocycles. The SMILES string of the molecule is C/C(=N\NC(=O)CCC(=O)Nc1ccccc1Cl)C(C)(C)C. The number of amides is 2. The van der Waals surface area contributed by atoms with Crippen molar-refractivity contribution in [1.82, 2.24) is 5.43 Å². The lowest BCUT2D eigenvalue weighted by atomic mass is 9.91. The number of carbonyl (C=O) groups excluding carboxylic acids is 2. The van der Waals surface area contributed by atoms with E-state index < -0.39 is 0 Å². The third-order valence-corrected chi connectivity index (χ3v) is 3.49. The Kier molecular flexibility index (Phi) is 6.56. The summed E-state index contributed by atoms with van der Waals surface area (Å²) in [5.41, 5.74) is 3.72. The number of benzene rings is 1. The summed E-state index contributed by atoms with van der Waals surface area (Å²) in [5.74, 6) is -0.558. The molecule has 120 valence electrons. The smallest absolute Gasteiger partial charge is 0.240 e. The molecule has 0 aliphatic rings. The number of para-hydroxylation sites is 1. The van der Waals surface area contributed by atoms with E-state index in [4.69, 9.17) is 11.6 Å². The maximum atomic E-state index is 11.8. The minimum atomic E-state index is -0.294. The Bertz CT molecular complexity index is 577. The summed E-state index contributed by atoms with van der Waals surface area (Å²) in [4.78, 5) is 23.5. The quantitative estimate of drug-likeness (QED) is 0.642. The number of anilines is 1. The second-order valence-electron chi connectivity index (χ2n) is 6.01. The summed E-state index contributed by atoms with van der Waals surface area (Å²) in [6.07, 6.45) is 0.137. The van der Waals surface area contributed by atoms with Gasteiger partial charge < -0.3 is 5.32 Å². The van der Waals surface area contributed by atoms with Crippen LogP contribution in [-0.4, -0.2) is 17.5 Å². The van der Waals surface area contributed by atoms with Crippen molar-refractivity contribution >= 4 is 34.8 Å². The second-order valence-corrected chi connectivity index (χ2v) is 6.42. The standard InChI is InChI=1S/C16H22ClN3O2/c1-11(16(2,3)4)19-20-15(22)10-9-14(21)18-13-8-6-5-7-12(13)17/h5-8H,9-10H2,1-4H3,(H,18,21)(H,20,22)/b19-11+. The molecule has 0 atom stereocenters. The van der Waals surface area contributed by atoms with Gasteiger partial charge in [0.15, 0.2) is 0 Å². The van der Waals surface area contributed by atoms with Gasteiger partial charge in [-0.15, -0.1) is 0 Å². The van der Waals surface area contributed by atoms with E-state index in [2.05, 4.69) is 15.8 Å². The minimum absolute atomic E-state index is 0.0667. The Morgan fingerprint density at radius 2 is 1.73 bits per heavy atom. The molecule has 0 fully saturated rings. The lowest BCUT2D eigenvalue weighted by molar-refractivity contribution is -0.124. The highest BCUT2D eigenvalue weighted by molar-refractivity contribution is 6.33. The number of nitrogens with zero attached hydrogens (tertiary/aromatic N) is 1. The van der Waals surface area contributed by atoms with Crippen molar-refractivity contribution in [2.24, 2.45) is 10.5 Å². The highest BCUT2D eigenvalue weighted by atomic mass is 35.5. The molecule has 1 aromatic rings. The van der Waals surface area contributed by atoms with Crippen molar-refractivity contribution in [2.75, 3.05) is 5.32 Å². The Hall–Kier alpha value is -1.88. The zero-order valence-electron chi connectivity index (χ0n) is 13.4. The maximum Gasteiger partial charge on any atom is 0.240 e. The van der Waals surface area contributed by atoms with Crippen LogP contribution < -0.4 is 10.7 Å². The number of hydrazone groups is 1. The molecule has 22 heavy (non-hydrogen) atoms. The van der Waals surface area contributed by atoms with Crippen molar-refractivity contribution in [1.29, 1.82) is 0 Å². The molecule has 0 radical (unpaired) electrons. The van der Waals surface area contributed by atoms with Crippen LogP contribution in [0.3, 0.4) is 0 Å². The van der Waals surface area contributed by atoms with Gasteiger partial charge in [0.25, 0.3) is 0 Å². The second kappa shape index (κ2) is 7.94. The first-order valence-corrected chi connectivity index (χ1v) is 7.46. The van der Waals surface area contributed by atoms with Gasteiger partial charge in [0.2, 0.25) is 11.8 Å². The molecule has 0 heterocycles. The van der Waals surface area contributed by atoms with Crippen molar-refractivity contribution in [3.05, 3.63) is 29.3 Å². The third-order valence-electron chi connectivity index (χ3n) is 3.16. The fourth-order valence-corrected chi connectivity index (χ4v) is 1.56. The fraction of sp³-hybridized carbons (Fsp3) is 0.438. The third kappa shape index (κ3) is 6.26. The molecule has 2 amide bonds. The lowest BCUT2D eigenvalue weighted by Crippen LogP contribution is -2.25. The number of nitrogens with one attached hydrogen (secondary N) is 2. The Balaban J connectivity index is 2.41. The molecule has 1 rings (SSSR count). The highest BCUT2D eigenvalue weighted by Gasteiger charge is 2.15. The van der Waals surface area contributed by atoms with Crippen molar-refractivity contribution in [3.8, 4) is 0 Å². The highest BCUT2D eigenvalue weighted by Crippen LogP contribution is 2.20. The van der Waals surface area contributed by atoms with E-state index in [1.54, 1.807) is 24.3 Å². The zero-order valence-corrected chi connectivity index (χ0v) is 14.1. The van der Waals surface area contributed by atoms with Gasteiger partial charge in [0.05, 0.1) is 10.7 Å². The number of hydrogen-bond donors (Lipinski definition) is 2. The molecule has 0 spiro atoms. The van der Waals surface area contributed by atoms with Gasteiger partial charge in [-0.2, -0.15) is 5.10 Å². The van der Waals surface area contributed by atoms with E-state index in [1.807, 2.05) is 27.7 Å². The van der Waals surface area contributed by atoms with Gasteiger partial charge in [-0.1, -0.05) is 44.5 Å².